The molecular formula is C15H14Cl2O. The minimum atomic E-state index is 0.504. The van der Waals surface area contributed by atoms with Gasteiger partial charge in [0.15, 0.2) is 5.75 Å². The molecule has 0 N–H and O–H groups in total. The molecule has 0 radical (unpaired) electrons. The van der Waals surface area contributed by atoms with Crippen molar-refractivity contribution in [2.75, 3.05) is 0 Å². The van der Waals surface area contributed by atoms with Gasteiger partial charge in [0.2, 0.25) is 0 Å². The molecular weight excluding hydrogens is 267 g/mol. The molecule has 94 valence electrons. The highest BCUT2D eigenvalue weighted by Crippen LogP contribution is 2.35. The second-order valence-corrected chi connectivity index (χ2v) is 4.86. The Morgan fingerprint density at radius 1 is 0.944 bits per heavy atom. The number of benzene rings is 2. The van der Waals surface area contributed by atoms with Gasteiger partial charge in [0.25, 0.3) is 0 Å². The Balaban J connectivity index is 2.18. The maximum atomic E-state index is 6.05. The van der Waals surface area contributed by atoms with Crippen LogP contribution in [-0.2, 0) is 6.42 Å². The van der Waals surface area contributed by atoms with Gasteiger partial charge in [-0.1, -0.05) is 54.7 Å². The Labute approximate surface area is 117 Å². The van der Waals surface area contributed by atoms with Crippen LogP contribution in [0.5, 0.6) is 11.5 Å². The molecule has 0 heterocycles. The largest absolute Gasteiger partial charge is 0.454 e. The molecule has 0 amide bonds. The molecule has 0 unspecified atom stereocenters. The van der Waals surface area contributed by atoms with Crippen molar-refractivity contribution >= 4 is 23.2 Å². The van der Waals surface area contributed by atoms with Gasteiger partial charge in [0.1, 0.15) is 5.75 Å². The number of para-hydroxylation sites is 1. The summed E-state index contributed by atoms with van der Waals surface area (Å²) < 4.78 is 5.71. The molecule has 0 atom stereocenters. The van der Waals surface area contributed by atoms with Crippen molar-refractivity contribution < 1.29 is 4.74 Å². The number of halogens is 2. The van der Waals surface area contributed by atoms with Crippen molar-refractivity contribution in [2.45, 2.75) is 19.8 Å². The number of rotatable bonds is 4. The molecule has 0 saturated heterocycles. The molecule has 3 heteroatoms. The highest BCUT2D eigenvalue weighted by atomic mass is 35.5. The Hall–Kier alpha value is -1.18. The number of hydrogen-bond donors (Lipinski definition) is 0. The summed E-state index contributed by atoms with van der Waals surface area (Å²) in [6, 6.07) is 13.3. The fourth-order valence-corrected chi connectivity index (χ4v) is 2.19. The zero-order valence-corrected chi connectivity index (χ0v) is 11.6. The van der Waals surface area contributed by atoms with Crippen molar-refractivity contribution in [2.24, 2.45) is 0 Å². The Kier molecular flexibility index (Phi) is 4.51. The molecule has 2 aromatic carbocycles. The molecule has 18 heavy (non-hydrogen) atoms. The summed E-state index contributed by atoms with van der Waals surface area (Å²) in [6.45, 7) is 2.16. The Morgan fingerprint density at radius 2 is 1.56 bits per heavy atom. The van der Waals surface area contributed by atoms with Crippen LogP contribution in [-0.4, -0.2) is 0 Å². The van der Waals surface area contributed by atoms with Gasteiger partial charge >= 0.3 is 0 Å². The SMILES string of the molecule is CCCc1ccc(Oc2c(Cl)cccc2Cl)cc1. The topological polar surface area (TPSA) is 9.23 Å². The lowest BCUT2D eigenvalue weighted by Crippen LogP contribution is -1.88. The van der Waals surface area contributed by atoms with Gasteiger partial charge in [0.05, 0.1) is 10.0 Å². The molecule has 1 nitrogen and oxygen atoms in total. The van der Waals surface area contributed by atoms with Crippen molar-refractivity contribution in [3.63, 3.8) is 0 Å². The maximum Gasteiger partial charge on any atom is 0.164 e. The van der Waals surface area contributed by atoms with Crippen molar-refractivity contribution in [1.82, 2.24) is 0 Å². The molecule has 0 spiro atoms. The zero-order valence-electron chi connectivity index (χ0n) is 10.1. The average Bonchev–Trinajstić information content (AvgIpc) is 2.36. The Bertz CT molecular complexity index is 500. The van der Waals surface area contributed by atoms with E-state index in [1.807, 2.05) is 12.1 Å². The van der Waals surface area contributed by atoms with Gasteiger partial charge in [-0.3, -0.25) is 0 Å². The van der Waals surface area contributed by atoms with Crippen LogP contribution in [0.4, 0.5) is 0 Å². The predicted octanol–water partition coefficient (Wildman–Crippen LogP) is 5.74. The fraction of sp³-hybridized carbons (Fsp3) is 0.200. The van der Waals surface area contributed by atoms with Gasteiger partial charge in [-0.2, -0.15) is 0 Å². The predicted molar refractivity (Wildman–Crippen MR) is 77.0 cm³/mol. The summed E-state index contributed by atoms with van der Waals surface area (Å²) in [6.07, 6.45) is 2.21. The van der Waals surface area contributed by atoms with Gasteiger partial charge in [-0.05, 0) is 36.2 Å². The molecule has 0 saturated carbocycles. The van der Waals surface area contributed by atoms with Gasteiger partial charge in [-0.25, -0.2) is 0 Å². The third-order valence-electron chi connectivity index (χ3n) is 2.60. The van der Waals surface area contributed by atoms with E-state index in [1.54, 1.807) is 18.2 Å². The summed E-state index contributed by atoms with van der Waals surface area (Å²) in [5, 5.41) is 1.03. The lowest BCUT2D eigenvalue weighted by Gasteiger charge is -2.09. The molecule has 0 aliphatic carbocycles. The summed E-state index contributed by atoms with van der Waals surface area (Å²) in [5.74, 6) is 1.24. The first-order valence-electron chi connectivity index (χ1n) is 5.91. The van der Waals surface area contributed by atoms with Gasteiger partial charge in [0, 0.05) is 0 Å². The highest BCUT2D eigenvalue weighted by molar-refractivity contribution is 6.37. The smallest absolute Gasteiger partial charge is 0.164 e. The van der Waals surface area contributed by atoms with E-state index in [9.17, 15) is 0 Å². The minimum absolute atomic E-state index is 0.504. The zero-order chi connectivity index (χ0) is 13.0. The Morgan fingerprint density at radius 3 is 2.11 bits per heavy atom. The first-order chi connectivity index (χ1) is 8.70. The van der Waals surface area contributed by atoms with E-state index >= 15 is 0 Å². The number of ether oxygens (including phenoxy) is 1. The van der Waals surface area contributed by atoms with E-state index in [0.717, 1.165) is 18.6 Å². The van der Waals surface area contributed by atoms with Crippen LogP contribution < -0.4 is 4.74 Å². The van der Waals surface area contributed by atoms with Crippen LogP contribution in [0.2, 0.25) is 10.0 Å². The van der Waals surface area contributed by atoms with Crippen LogP contribution in [0.3, 0.4) is 0 Å². The summed E-state index contributed by atoms with van der Waals surface area (Å²) in [5.41, 5.74) is 1.30. The normalized spacial score (nSPS) is 10.4. The van der Waals surface area contributed by atoms with Crippen molar-refractivity contribution in [3.05, 3.63) is 58.1 Å². The average molecular weight is 281 g/mol. The monoisotopic (exact) mass is 280 g/mol. The van der Waals surface area contributed by atoms with E-state index in [4.69, 9.17) is 27.9 Å². The van der Waals surface area contributed by atoms with E-state index in [-0.39, 0.29) is 0 Å². The standard InChI is InChI=1S/C15H14Cl2O/c1-2-4-11-7-9-12(10-8-11)18-15-13(16)5-3-6-14(15)17/h3,5-10H,2,4H2,1H3. The lowest BCUT2D eigenvalue weighted by molar-refractivity contribution is 0.483. The fourth-order valence-electron chi connectivity index (χ4n) is 1.71. The lowest BCUT2D eigenvalue weighted by atomic mass is 10.1. The van der Waals surface area contributed by atoms with Crippen LogP contribution in [0.1, 0.15) is 18.9 Å². The van der Waals surface area contributed by atoms with Crippen LogP contribution in [0.25, 0.3) is 0 Å². The molecule has 0 aromatic heterocycles. The van der Waals surface area contributed by atoms with Crippen molar-refractivity contribution in [1.29, 1.82) is 0 Å². The summed E-state index contributed by atoms with van der Waals surface area (Å²) >= 11 is 12.1. The molecule has 0 fully saturated rings. The minimum Gasteiger partial charge on any atom is -0.454 e. The first kappa shape index (κ1) is 13.3. The molecule has 0 aliphatic heterocycles. The number of aryl methyl sites for hydroxylation is 1. The van der Waals surface area contributed by atoms with Crippen LogP contribution >= 0.6 is 23.2 Å². The van der Waals surface area contributed by atoms with Crippen molar-refractivity contribution in [3.8, 4) is 11.5 Å². The molecule has 0 bridgehead atoms. The second kappa shape index (κ2) is 6.12. The van der Waals surface area contributed by atoms with Crippen LogP contribution in [0, 0.1) is 0 Å². The molecule has 2 aromatic rings. The quantitative estimate of drug-likeness (QED) is 0.694. The summed E-state index contributed by atoms with van der Waals surface area (Å²) in [4.78, 5) is 0. The van der Waals surface area contributed by atoms with Crippen LogP contribution in [0.15, 0.2) is 42.5 Å². The third-order valence-corrected chi connectivity index (χ3v) is 3.20. The van der Waals surface area contributed by atoms with E-state index in [1.165, 1.54) is 5.56 Å². The van der Waals surface area contributed by atoms with E-state index in [0.29, 0.717) is 15.8 Å². The first-order valence-corrected chi connectivity index (χ1v) is 6.67. The maximum absolute atomic E-state index is 6.05. The second-order valence-electron chi connectivity index (χ2n) is 4.05. The highest BCUT2D eigenvalue weighted by Gasteiger charge is 2.07. The summed E-state index contributed by atoms with van der Waals surface area (Å²) in [7, 11) is 0. The molecule has 0 aliphatic rings. The van der Waals surface area contributed by atoms with Gasteiger partial charge in [-0.15, -0.1) is 0 Å². The van der Waals surface area contributed by atoms with E-state index in [2.05, 4.69) is 19.1 Å². The van der Waals surface area contributed by atoms with Gasteiger partial charge < -0.3 is 4.74 Å². The van der Waals surface area contributed by atoms with E-state index < -0.39 is 0 Å². The number of hydrogen-bond acceptors (Lipinski definition) is 1. The molecule has 2 rings (SSSR count). The third kappa shape index (κ3) is 3.18.